The molecule has 3 heterocycles. The van der Waals surface area contributed by atoms with Gasteiger partial charge in [-0.15, -0.1) is 11.3 Å². The van der Waals surface area contributed by atoms with Crippen molar-refractivity contribution < 1.29 is 9.53 Å². The number of hydrogen-bond acceptors (Lipinski definition) is 4. The Hall–Kier alpha value is -2.60. The second-order valence-corrected chi connectivity index (χ2v) is 8.59. The molecule has 1 saturated heterocycles. The lowest BCUT2D eigenvalue weighted by Crippen LogP contribution is -2.28. The van der Waals surface area contributed by atoms with Gasteiger partial charge in [-0.25, -0.2) is 4.98 Å². The highest BCUT2D eigenvalue weighted by atomic mass is 32.1. The quantitative estimate of drug-likeness (QED) is 0.592. The Balaban J connectivity index is 1.65. The van der Waals surface area contributed by atoms with Crippen LogP contribution in [-0.2, 0) is 13.0 Å². The fourth-order valence-electron chi connectivity index (χ4n) is 3.97. The van der Waals surface area contributed by atoms with Crippen molar-refractivity contribution in [1.29, 1.82) is 0 Å². The van der Waals surface area contributed by atoms with Crippen molar-refractivity contribution in [1.82, 2.24) is 14.5 Å². The van der Waals surface area contributed by atoms with Gasteiger partial charge in [-0.1, -0.05) is 12.1 Å². The van der Waals surface area contributed by atoms with E-state index >= 15 is 0 Å². The topological polar surface area (TPSA) is 47.4 Å². The number of nitrogens with zero attached hydrogens (tertiary/aromatic N) is 3. The summed E-state index contributed by atoms with van der Waals surface area (Å²) in [6, 6.07) is 10.2. The molecule has 4 rings (SSSR count). The molecule has 3 aromatic rings. The number of benzene rings is 1. The standard InChI is InChI=1S/C23H27N3O2S/c1-16-20(23(27)25-11-4-5-12-25)14-22(21-15-29-17(2)24-21)26(16)13-10-18-6-8-19(28-3)9-7-18/h6-9,14-15H,4-5,10-13H2,1-3H3. The first-order valence-corrected chi connectivity index (χ1v) is 11.0. The second-order valence-electron chi connectivity index (χ2n) is 7.53. The lowest BCUT2D eigenvalue weighted by molar-refractivity contribution is 0.0792. The van der Waals surface area contributed by atoms with E-state index in [-0.39, 0.29) is 5.91 Å². The molecule has 0 aliphatic carbocycles. The van der Waals surface area contributed by atoms with Crippen LogP contribution in [0.5, 0.6) is 5.75 Å². The number of carbonyl (C=O) groups excluding carboxylic acids is 1. The number of carbonyl (C=O) groups is 1. The van der Waals surface area contributed by atoms with Crippen LogP contribution in [0.4, 0.5) is 0 Å². The smallest absolute Gasteiger partial charge is 0.255 e. The third-order valence-corrected chi connectivity index (χ3v) is 6.43. The Kier molecular flexibility index (Phi) is 5.72. The predicted molar refractivity (Wildman–Crippen MR) is 117 cm³/mol. The summed E-state index contributed by atoms with van der Waals surface area (Å²) < 4.78 is 7.51. The Morgan fingerprint density at radius 1 is 1.17 bits per heavy atom. The molecule has 1 aliphatic heterocycles. The second kappa shape index (κ2) is 8.41. The Labute approximate surface area is 176 Å². The van der Waals surface area contributed by atoms with E-state index in [0.29, 0.717) is 0 Å². The third kappa shape index (κ3) is 4.08. The normalized spacial score (nSPS) is 13.8. The maximum Gasteiger partial charge on any atom is 0.255 e. The molecule has 1 fully saturated rings. The zero-order valence-corrected chi connectivity index (χ0v) is 18.1. The van der Waals surface area contributed by atoms with E-state index in [2.05, 4.69) is 34.0 Å². The van der Waals surface area contributed by atoms with Gasteiger partial charge < -0.3 is 14.2 Å². The minimum absolute atomic E-state index is 0.149. The van der Waals surface area contributed by atoms with Crippen LogP contribution in [0.25, 0.3) is 11.4 Å². The van der Waals surface area contributed by atoms with Crippen molar-refractivity contribution >= 4 is 17.2 Å². The number of amides is 1. The van der Waals surface area contributed by atoms with Crippen LogP contribution in [0.3, 0.4) is 0 Å². The highest BCUT2D eigenvalue weighted by Crippen LogP contribution is 2.29. The first kappa shape index (κ1) is 19.7. The molecule has 29 heavy (non-hydrogen) atoms. The molecule has 0 N–H and O–H groups in total. The van der Waals surface area contributed by atoms with Crippen LogP contribution in [0.1, 0.15) is 39.5 Å². The fourth-order valence-corrected chi connectivity index (χ4v) is 4.57. The summed E-state index contributed by atoms with van der Waals surface area (Å²) in [5.74, 6) is 1.01. The van der Waals surface area contributed by atoms with Crippen molar-refractivity contribution in [2.24, 2.45) is 0 Å². The molecule has 152 valence electrons. The molecule has 5 nitrogen and oxygen atoms in total. The average Bonchev–Trinajstić information content (AvgIpc) is 3.47. The number of methoxy groups -OCH3 is 1. The number of aromatic nitrogens is 2. The van der Waals surface area contributed by atoms with Crippen molar-refractivity contribution in [2.75, 3.05) is 20.2 Å². The zero-order valence-electron chi connectivity index (χ0n) is 17.3. The van der Waals surface area contributed by atoms with Gasteiger partial charge >= 0.3 is 0 Å². The van der Waals surface area contributed by atoms with E-state index in [1.807, 2.05) is 30.0 Å². The van der Waals surface area contributed by atoms with E-state index in [1.54, 1.807) is 18.4 Å². The summed E-state index contributed by atoms with van der Waals surface area (Å²) in [5, 5.41) is 3.12. The number of likely N-dealkylation sites (tertiary alicyclic amines) is 1. The minimum atomic E-state index is 0.149. The minimum Gasteiger partial charge on any atom is -0.497 e. The number of aryl methyl sites for hydroxylation is 2. The molecule has 6 heteroatoms. The summed E-state index contributed by atoms with van der Waals surface area (Å²) in [4.78, 5) is 19.8. The molecule has 0 unspecified atom stereocenters. The molecule has 1 aromatic carbocycles. The molecule has 1 aliphatic rings. The molecule has 0 radical (unpaired) electrons. The van der Waals surface area contributed by atoms with Crippen molar-refractivity contribution in [3.63, 3.8) is 0 Å². The molecule has 1 amide bonds. The molecule has 0 bridgehead atoms. The zero-order chi connectivity index (χ0) is 20.4. The van der Waals surface area contributed by atoms with Gasteiger partial charge in [0, 0.05) is 30.7 Å². The van der Waals surface area contributed by atoms with Gasteiger partial charge in [-0.3, -0.25) is 4.79 Å². The number of rotatable bonds is 6. The van der Waals surface area contributed by atoms with Crippen LogP contribution in [0.15, 0.2) is 35.7 Å². The highest BCUT2D eigenvalue weighted by Gasteiger charge is 2.25. The first-order chi connectivity index (χ1) is 14.1. The summed E-state index contributed by atoms with van der Waals surface area (Å²) in [5.41, 5.74) is 5.05. The van der Waals surface area contributed by atoms with Gasteiger partial charge in [0.25, 0.3) is 5.91 Å². The van der Waals surface area contributed by atoms with Gasteiger partial charge in [-0.2, -0.15) is 0 Å². The lowest BCUT2D eigenvalue weighted by atomic mass is 10.1. The predicted octanol–water partition coefficient (Wildman–Crippen LogP) is 4.72. The van der Waals surface area contributed by atoms with Crippen LogP contribution >= 0.6 is 11.3 Å². The van der Waals surface area contributed by atoms with Crippen LogP contribution < -0.4 is 4.74 Å². The summed E-state index contributed by atoms with van der Waals surface area (Å²) >= 11 is 1.64. The first-order valence-electron chi connectivity index (χ1n) is 10.1. The lowest BCUT2D eigenvalue weighted by Gasteiger charge is -2.15. The van der Waals surface area contributed by atoms with Crippen LogP contribution in [0.2, 0.25) is 0 Å². The maximum atomic E-state index is 13.1. The molecule has 0 atom stereocenters. The molecular weight excluding hydrogens is 382 g/mol. The molecule has 0 saturated carbocycles. The van der Waals surface area contributed by atoms with Crippen LogP contribution in [0, 0.1) is 13.8 Å². The van der Waals surface area contributed by atoms with E-state index in [4.69, 9.17) is 4.74 Å². The van der Waals surface area contributed by atoms with Crippen molar-refractivity contribution in [2.45, 2.75) is 39.7 Å². The highest BCUT2D eigenvalue weighted by molar-refractivity contribution is 7.09. The number of thiazole rings is 1. The summed E-state index contributed by atoms with van der Waals surface area (Å²) in [6.45, 7) is 6.60. The van der Waals surface area contributed by atoms with Gasteiger partial charge in [0.2, 0.25) is 0 Å². The SMILES string of the molecule is COc1ccc(CCn2c(-c3csc(C)n3)cc(C(=O)N3CCCC3)c2C)cc1. The number of ether oxygens (including phenoxy) is 1. The Bertz CT molecular complexity index is 998. The van der Waals surface area contributed by atoms with Gasteiger partial charge in [-0.05, 0) is 56.9 Å². The van der Waals surface area contributed by atoms with Gasteiger partial charge in [0.1, 0.15) is 5.75 Å². The third-order valence-electron chi connectivity index (χ3n) is 5.65. The summed E-state index contributed by atoms with van der Waals surface area (Å²) in [7, 11) is 1.68. The van der Waals surface area contributed by atoms with E-state index in [1.165, 1.54) is 5.56 Å². The van der Waals surface area contributed by atoms with Crippen molar-refractivity contribution in [3.05, 3.63) is 57.5 Å². The molecule has 0 spiro atoms. The fraction of sp³-hybridized carbons (Fsp3) is 0.391. The van der Waals surface area contributed by atoms with E-state index in [0.717, 1.165) is 72.3 Å². The monoisotopic (exact) mass is 409 g/mol. The van der Waals surface area contributed by atoms with Crippen molar-refractivity contribution in [3.8, 4) is 17.1 Å². The Morgan fingerprint density at radius 3 is 2.52 bits per heavy atom. The average molecular weight is 410 g/mol. The van der Waals surface area contributed by atoms with Gasteiger partial charge in [0.05, 0.1) is 29.1 Å². The van der Waals surface area contributed by atoms with E-state index in [9.17, 15) is 4.79 Å². The van der Waals surface area contributed by atoms with Gasteiger partial charge in [0.15, 0.2) is 0 Å². The Morgan fingerprint density at radius 2 is 1.90 bits per heavy atom. The molecular formula is C23H27N3O2S. The summed E-state index contributed by atoms with van der Waals surface area (Å²) in [6.07, 6.45) is 3.08. The van der Waals surface area contributed by atoms with Crippen LogP contribution in [-0.4, -0.2) is 40.6 Å². The maximum absolute atomic E-state index is 13.1. The molecule has 2 aromatic heterocycles. The van der Waals surface area contributed by atoms with E-state index < -0.39 is 0 Å². The largest absolute Gasteiger partial charge is 0.497 e. The number of hydrogen-bond donors (Lipinski definition) is 0.